The number of nitrogens with one attached hydrogen (secondary N) is 1. The molecule has 35 heavy (non-hydrogen) atoms. The third kappa shape index (κ3) is 4.18. The molecule has 0 amide bonds. The van der Waals surface area contributed by atoms with Gasteiger partial charge >= 0.3 is 0 Å². The second-order valence-electron chi connectivity index (χ2n) is 8.63. The van der Waals surface area contributed by atoms with E-state index in [1.54, 1.807) is 24.4 Å². The van der Waals surface area contributed by atoms with Gasteiger partial charge in [0.1, 0.15) is 5.60 Å². The predicted octanol–water partition coefficient (Wildman–Crippen LogP) is 6.39. The number of pyridine rings is 1. The lowest BCUT2D eigenvalue weighted by molar-refractivity contribution is 0.0462. The molecule has 0 atom stereocenters. The number of aromatic nitrogens is 3. The lowest BCUT2D eigenvalue weighted by Gasteiger charge is -2.13. The Morgan fingerprint density at radius 1 is 1.03 bits per heavy atom. The number of nitrogen functional groups attached to an aromatic ring is 1. The number of furan rings is 1. The summed E-state index contributed by atoms with van der Waals surface area (Å²) in [5.74, 6) is -0.775. The fourth-order valence-corrected chi connectivity index (χ4v) is 4.23. The van der Waals surface area contributed by atoms with Crippen molar-refractivity contribution in [3.8, 4) is 33.6 Å². The van der Waals surface area contributed by atoms with Crippen molar-refractivity contribution in [1.29, 1.82) is 0 Å². The molecule has 4 N–H and O–H groups in total. The van der Waals surface area contributed by atoms with E-state index in [1.165, 1.54) is 13.8 Å². The van der Waals surface area contributed by atoms with Crippen LogP contribution >= 0.6 is 23.2 Å². The Morgan fingerprint density at radius 2 is 1.74 bits per heavy atom. The molecule has 9 heteroatoms. The van der Waals surface area contributed by atoms with Crippen LogP contribution in [0.15, 0.2) is 65.2 Å². The zero-order chi connectivity index (χ0) is 24.9. The Morgan fingerprint density at radius 3 is 2.37 bits per heavy atom. The zero-order valence-electron chi connectivity index (χ0n) is 18.8. The molecule has 5 rings (SSSR count). The molecule has 7 nitrogen and oxygen atoms in total. The first kappa shape index (κ1) is 23.1. The maximum Gasteiger partial charge on any atom is 0.231 e. The van der Waals surface area contributed by atoms with Gasteiger partial charge in [0.05, 0.1) is 27.5 Å². The van der Waals surface area contributed by atoms with E-state index in [-0.39, 0.29) is 17.2 Å². The maximum absolute atomic E-state index is 12.7. The van der Waals surface area contributed by atoms with Gasteiger partial charge in [-0.3, -0.25) is 9.89 Å². The van der Waals surface area contributed by atoms with Crippen LogP contribution in [0, 0.1) is 0 Å². The van der Waals surface area contributed by atoms with Crippen LogP contribution in [-0.4, -0.2) is 31.7 Å². The molecule has 0 aliphatic carbocycles. The number of nitrogens with zero attached hydrogens (tertiary/aromatic N) is 2. The van der Waals surface area contributed by atoms with E-state index >= 15 is 0 Å². The average Bonchev–Trinajstić information content (AvgIpc) is 3.46. The molecule has 0 saturated heterocycles. The highest BCUT2D eigenvalue weighted by Crippen LogP contribution is 2.41. The second kappa shape index (κ2) is 8.53. The van der Waals surface area contributed by atoms with Gasteiger partial charge in [-0.05, 0) is 49.7 Å². The third-order valence-electron chi connectivity index (χ3n) is 5.66. The van der Waals surface area contributed by atoms with Crippen LogP contribution in [0.1, 0.15) is 24.4 Å². The van der Waals surface area contributed by atoms with Crippen LogP contribution in [0.5, 0.6) is 0 Å². The molecule has 0 aliphatic rings. The van der Waals surface area contributed by atoms with Crippen molar-refractivity contribution in [2.45, 2.75) is 19.4 Å². The monoisotopic (exact) mass is 506 g/mol. The Kier molecular flexibility index (Phi) is 5.63. The van der Waals surface area contributed by atoms with E-state index in [4.69, 9.17) is 38.3 Å². The summed E-state index contributed by atoms with van der Waals surface area (Å²) in [5.41, 5.74) is 9.23. The van der Waals surface area contributed by atoms with Crippen LogP contribution in [0.4, 0.5) is 5.69 Å². The van der Waals surface area contributed by atoms with E-state index < -0.39 is 11.4 Å². The van der Waals surface area contributed by atoms with E-state index in [1.807, 2.05) is 36.4 Å². The number of halogens is 2. The molecule has 0 bridgehead atoms. The van der Waals surface area contributed by atoms with E-state index in [9.17, 15) is 9.90 Å². The van der Waals surface area contributed by atoms with E-state index in [2.05, 4.69) is 10.2 Å². The van der Waals surface area contributed by atoms with Crippen molar-refractivity contribution in [2.75, 3.05) is 5.73 Å². The van der Waals surface area contributed by atoms with Crippen molar-refractivity contribution in [2.24, 2.45) is 0 Å². The number of benzene rings is 2. The molecule has 0 radical (unpaired) electrons. The Balaban J connectivity index is 1.75. The predicted molar refractivity (Wildman–Crippen MR) is 138 cm³/mol. The smallest absolute Gasteiger partial charge is 0.231 e. The standard InChI is InChI=1S/C26H20Cl2N4O3/c1-26(2,34)24(33)23-21(29)18-12-17(13-3-6-15(27)7-4-13)22(31-25(18)35-23)16-8-5-14(11-19(16)28)20-9-10-30-32-20/h3-12,34H,29H2,1-2H3,(H,30,32). The summed E-state index contributed by atoms with van der Waals surface area (Å²) in [7, 11) is 0. The van der Waals surface area contributed by atoms with Crippen molar-refractivity contribution in [3.63, 3.8) is 0 Å². The summed E-state index contributed by atoms with van der Waals surface area (Å²) >= 11 is 12.8. The number of nitrogens with two attached hydrogens (primary N) is 1. The van der Waals surface area contributed by atoms with Gasteiger partial charge in [0.25, 0.3) is 0 Å². The van der Waals surface area contributed by atoms with Crippen molar-refractivity contribution in [1.82, 2.24) is 15.2 Å². The Bertz CT molecular complexity index is 1570. The van der Waals surface area contributed by atoms with Gasteiger partial charge < -0.3 is 15.3 Å². The normalized spacial score (nSPS) is 11.8. The largest absolute Gasteiger partial charge is 0.432 e. The molecule has 176 valence electrons. The SMILES string of the molecule is CC(C)(O)C(=O)c1oc2nc(-c3ccc(-c4cc[nH]n4)cc3Cl)c(-c3ccc(Cl)cc3)cc2c1N. The van der Waals surface area contributed by atoms with Gasteiger partial charge in [0.2, 0.25) is 11.5 Å². The van der Waals surface area contributed by atoms with E-state index in [0.29, 0.717) is 26.7 Å². The first-order chi connectivity index (χ1) is 16.6. The fourth-order valence-electron chi connectivity index (χ4n) is 3.83. The summed E-state index contributed by atoms with van der Waals surface area (Å²) < 4.78 is 5.76. The van der Waals surface area contributed by atoms with Crippen molar-refractivity contribution < 1.29 is 14.3 Å². The third-order valence-corrected chi connectivity index (χ3v) is 6.22. The van der Waals surface area contributed by atoms with Gasteiger partial charge in [-0.25, -0.2) is 4.98 Å². The molecular formula is C26H20Cl2N4O3. The minimum atomic E-state index is -1.66. The highest BCUT2D eigenvalue weighted by atomic mass is 35.5. The zero-order valence-corrected chi connectivity index (χ0v) is 20.3. The molecular weight excluding hydrogens is 487 g/mol. The number of carbonyl (C=O) groups excluding carboxylic acids is 1. The Labute approximate surface area is 210 Å². The topological polar surface area (TPSA) is 118 Å². The number of Topliss-reactive ketones (excluding diaryl/α,β-unsaturated/α-hetero) is 1. The van der Waals surface area contributed by atoms with Crippen LogP contribution in [0.2, 0.25) is 10.0 Å². The van der Waals surface area contributed by atoms with Crippen LogP contribution in [-0.2, 0) is 0 Å². The van der Waals surface area contributed by atoms with E-state index in [0.717, 1.165) is 22.4 Å². The van der Waals surface area contributed by atoms with Crippen LogP contribution in [0.25, 0.3) is 44.7 Å². The quantitative estimate of drug-likeness (QED) is 0.237. The number of fused-ring (bicyclic) bond motifs is 1. The van der Waals surface area contributed by atoms with Gasteiger partial charge in [-0.15, -0.1) is 0 Å². The number of aromatic amines is 1. The number of anilines is 1. The molecule has 0 unspecified atom stereocenters. The summed E-state index contributed by atoms with van der Waals surface area (Å²) in [5, 5.41) is 18.7. The summed E-state index contributed by atoms with van der Waals surface area (Å²) in [6.45, 7) is 2.75. The summed E-state index contributed by atoms with van der Waals surface area (Å²) in [6.07, 6.45) is 1.74. The summed E-state index contributed by atoms with van der Waals surface area (Å²) in [6, 6.07) is 16.5. The number of ketones is 1. The minimum Gasteiger partial charge on any atom is -0.432 e. The molecule has 0 spiro atoms. The molecule has 0 saturated carbocycles. The molecule has 5 aromatic rings. The molecule has 0 aliphatic heterocycles. The minimum absolute atomic E-state index is 0.112. The maximum atomic E-state index is 12.7. The number of hydrogen-bond donors (Lipinski definition) is 3. The summed E-state index contributed by atoms with van der Waals surface area (Å²) in [4.78, 5) is 17.4. The van der Waals surface area contributed by atoms with Gasteiger partial charge in [0, 0.05) is 27.9 Å². The van der Waals surface area contributed by atoms with Crippen LogP contribution < -0.4 is 5.73 Å². The number of aliphatic hydroxyl groups is 1. The van der Waals surface area contributed by atoms with Crippen LogP contribution in [0.3, 0.4) is 0 Å². The lowest BCUT2D eigenvalue weighted by atomic mass is 9.96. The first-order valence-electron chi connectivity index (χ1n) is 10.7. The molecule has 3 aromatic heterocycles. The van der Waals surface area contributed by atoms with Gasteiger partial charge in [-0.2, -0.15) is 5.10 Å². The first-order valence-corrected chi connectivity index (χ1v) is 11.5. The van der Waals surface area contributed by atoms with Crippen molar-refractivity contribution >= 4 is 45.8 Å². The molecule has 3 heterocycles. The number of H-pyrrole nitrogens is 1. The average molecular weight is 507 g/mol. The second-order valence-corrected chi connectivity index (χ2v) is 9.47. The highest BCUT2D eigenvalue weighted by molar-refractivity contribution is 6.34. The van der Waals surface area contributed by atoms with Crippen molar-refractivity contribution in [3.05, 3.63) is 76.6 Å². The Hall–Kier alpha value is -3.65. The highest BCUT2D eigenvalue weighted by Gasteiger charge is 2.32. The number of hydrogen-bond acceptors (Lipinski definition) is 6. The van der Waals surface area contributed by atoms with Gasteiger partial charge in [-0.1, -0.05) is 47.5 Å². The van der Waals surface area contributed by atoms with Gasteiger partial charge in [0.15, 0.2) is 5.76 Å². The molecule has 2 aromatic carbocycles. The number of rotatable bonds is 5. The number of carbonyl (C=O) groups is 1. The fraction of sp³-hybridized carbons (Fsp3) is 0.115. The lowest BCUT2D eigenvalue weighted by Crippen LogP contribution is -2.31. The molecule has 0 fully saturated rings.